The number of halogens is 6. The molecule has 0 radical (unpaired) electrons. The van der Waals surface area contributed by atoms with Gasteiger partial charge in [0.1, 0.15) is 33.9 Å². The maximum atomic E-state index is 13.4. The van der Waals surface area contributed by atoms with Gasteiger partial charge in [-0.15, -0.1) is 0 Å². The lowest BCUT2D eigenvalue weighted by Gasteiger charge is -2.43. The van der Waals surface area contributed by atoms with Gasteiger partial charge in [0.25, 0.3) is 11.8 Å². The fourth-order valence-corrected chi connectivity index (χ4v) is 13.6. The first-order chi connectivity index (χ1) is 51.0. The van der Waals surface area contributed by atoms with Crippen molar-refractivity contribution in [2.24, 2.45) is 16.3 Å². The van der Waals surface area contributed by atoms with Crippen LogP contribution in [0, 0.1) is 5.41 Å². The van der Waals surface area contributed by atoms with E-state index in [2.05, 4.69) is 81.4 Å². The zero-order chi connectivity index (χ0) is 76.4. The van der Waals surface area contributed by atoms with E-state index in [4.69, 9.17) is 34.6 Å². The van der Waals surface area contributed by atoms with E-state index in [0.29, 0.717) is 66.5 Å². The van der Waals surface area contributed by atoms with Crippen LogP contribution in [-0.2, 0) is 25.1 Å². The van der Waals surface area contributed by atoms with Crippen molar-refractivity contribution >= 4 is 29.9 Å². The number of aromatic nitrogens is 4. The number of nitrogens with two attached hydrogens (primary N) is 1. The van der Waals surface area contributed by atoms with E-state index in [1.807, 2.05) is 80.3 Å². The highest BCUT2D eigenvalue weighted by molar-refractivity contribution is 6.11. The van der Waals surface area contributed by atoms with E-state index in [1.165, 1.54) is 64.6 Å². The van der Waals surface area contributed by atoms with Crippen LogP contribution in [0.4, 0.5) is 35.9 Å². The number of carboxylic acids is 1. The molecule has 0 aliphatic heterocycles. The van der Waals surface area contributed by atoms with Gasteiger partial charge < -0.3 is 59.0 Å². The second-order valence-electron chi connectivity index (χ2n) is 29.7. The number of amidine groups is 1. The number of benzene rings is 6. The Hall–Kier alpha value is -10.5. The number of oxime groups is 1. The molecule has 6 atom stereocenters. The third-order valence-corrected chi connectivity index (χ3v) is 19.9. The first-order valence-electron chi connectivity index (χ1n) is 35.5. The Morgan fingerprint density at radius 1 is 0.551 bits per heavy atom. The van der Waals surface area contributed by atoms with Crippen LogP contribution < -0.4 is 25.3 Å². The molecular formula is C79H87F6N9O13. The number of nitrogens with one attached hydrogen (secondary N) is 1. The number of carbonyl (C=O) groups excluding carboxylic acids is 3. The Labute approximate surface area is 614 Å². The zero-order valence-corrected chi connectivity index (χ0v) is 60.0. The van der Waals surface area contributed by atoms with Gasteiger partial charge >= 0.3 is 38.0 Å². The molecule has 5 N–H and O–H groups in total. The maximum Gasteiger partial charge on any atom is 0.417 e. The van der Waals surface area contributed by atoms with Crippen molar-refractivity contribution in [2.45, 2.75) is 196 Å². The number of alkyl halides is 6. The second-order valence-corrected chi connectivity index (χ2v) is 29.7. The SMILES string of the molecule is CC(C)(C)OC(=O)N(C(=O)C1(C(N)=NO)CCC1)[C@H]1CC1c1ccccc1.CC(C)(C)OC(=O)N(CC1(c2noc(-c3ccc(OC(F)F)cc3)n2)CCC1)[C@H]1CC1c1ccccc1.FC(F)Oc1ccc(-c2nc(C3(CN[C@H]4CC4c4ccccc4)CCC3)no2)cc1.O=C(O)c1ccc(OC(F)F)cc1. The molecule has 6 aliphatic carbocycles. The molecule has 6 aliphatic rings. The smallest absolute Gasteiger partial charge is 0.417 e. The highest BCUT2D eigenvalue weighted by Gasteiger charge is 2.58. The molecule has 0 bridgehead atoms. The van der Waals surface area contributed by atoms with Crippen molar-refractivity contribution in [1.82, 2.24) is 35.4 Å². The van der Waals surface area contributed by atoms with Gasteiger partial charge in [-0.3, -0.25) is 4.79 Å². The standard InChI is InChI=1S/C28H31F2N3O4.C23H23F2N3O2.C20H27N3O4.C8H6F2O3/c1-27(2,3)36-26(34)33(22-16-21(22)18-8-5-4-6-9-18)17-28(14-7-15-28)24-31-23(37-32-24)19-10-12-20(13-11-19)35-25(29)30;24-22(25)29-17-9-7-16(8-10-17)20-27-21(28-30-20)23(11-4-12-23)14-26-19-13-18(19)15-5-2-1-3-6-15;1-19(2,3)27-18(25)23(15-12-14(15)13-8-5-4-6-9-13)17(24)20(10-7-11-20)16(21)22-26;9-8(10)13-6-3-1-5(2-4-6)7(11)12/h4-6,8-13,21-22,25H,7,14-17H2,1-3H3;1-3,5-10,18-19,22,26H,4,11-14H2;4-6,8-9,14-15,26H,7,10-12H2,1-3H3,(H2,21,22);1-4,8H,(H,11,12)/t21?,22-;18?,19-;14?,15-;/m000./s1. The van der Waals surface area contributed by atoms with Crippen LogP contribution in [0.2, 0.25) is 0 Å². The van der Waals surface area contributed by atoms with Gasteiger partial charge in [-0.1, -0.05) is 126 Å². The Bertz CT molecular complexity index is 4300. The minimum Gasteiger partial charge on any atom is -0.478 e. The Kier molecular flexibility index (Phi) is 24.0. The highest BCUT2D eigenvalue weighted by atomic mass is 19.3. The molecule has 2 heterocycles. The Morgan fingerprint density at radius 3 is 1.35 bits per heavy atom. The van der Waals surface area contributed by atoms with Gasteiger partial charge in [0.2, 0.25) is 5.91 Å². The van der Waals surface area contributed by atoms with Crippen molar-refractivity contribution in [2.75, 3.05) is 13.1 Å². The fraction of sp³-hybridized carbons (Fsp3) is 0.430. The minimum atomic E-state index is -2.89. The number of hydrogen-bond donors (Lipinski definition) is 4. The molecule has 107 heavy (non-hydrogen) atoms. The van der Waals surface area contributed by atoms with Gasteiger partial charge in [0.15, 0.2) is 17.5 Å². The molecule has 14 rings (SSSR count). The van der Waals surface area contributed by atoms with E-state index in [-0.39, 0.29) is 64.1 Å². The van der Waals surface area contributed by atoms with E-state index in [9.17, 15) is 45.5 Å². The summed E-state index contributed by atoms with van der Waals surface area (Å²) in [6.07, 6.45) is 9.29. The lowest BCUT2D eigenvalue weighted by Crippen LogP contribution is -2.57. The largest absolute Gasteiger partial charge is 0.478 e. The molecule has 0 saturated heterocycles. The lowest BCUT2D eigenvalue weighted by atomic mass is 9.66. The van der Waals surface area contributed by atoms with E-state index in [1.54, 1.807) is 45.0 Å². The number of carbonyl (C=O) groups is 4. The molecule has 3 unspecified atom stereocenters. The number of hydrogen-bond acceptors (Lipinski definition) is 18. The van der Waals surface area contributed by atoms with E-state index < -0.39 is 59.8 Å². The summed E-state index contributed by atoms with van der Waals surface area (Å²) in [5.74, 6) is 1.31. The number of nitrogens with zero attached hydrogens (tertiary/aromatic N) is 7. The van der Waals surface area contributed by atoms with Gasteiger partial charge in [-0.2, -0.15) is 36.3 Å². The Balaban J connectivity index is 0.000000149. The van der Waals surface area contributed by atoms with Crippen molar-refractivity contribution < 1.29 is 88.6 Å². The topological polar surface area (TPSA) is 290 Å². The van der Waals surface area contributed by atoms with Gasteiger partial charge in [-0.25, -0.2) is 19.3 Å². The zero-order valence-electron chi connectivity index (χ0n) is 60.0. The molecule has 6 aromatic carbocycles. The number of carboxylic acid groups (broad SMARTS) is 1. The van der Waals surface area contributed by atoms with Gasteiger partial charge in [-0.05, 0) is 189 Å². The second kappa shape index (κ2) is 33.1. The summed E-state index contributed by atoms with van der Waals surface area (Å²) in [6, 6.07) is 47.9. The predicted octanol–water partition coefficient (Wildman–Crippen LogP) is 16.7. The molecular weight excluding hydrogens is 1400 g/mol. The number of rotatable bonds is 23. The quantitative estimate of drug-likeness (QED) is 0.0152. The van der Waals surface area contributed by atoms with Crippen molar-refractivity contribution in [1.29, 1.82) is 0 Å². The third-order valence-electron chi connectivity index (χ3n) is 19.9. The van der Waals surface area contributed by atoms with Crippen LogP contribution in [-0.4, -0.2) is 133 Å². The third kappa shape index (κ3) is 19.6. The summed E-state index contributed by atoms with van der Waals surface area (Å²) >= 11 is 0. The Morgan fingerprint density at radius 2 is 0.953 bits per heavy atom. The van der Waals surface area contributed by atoms with Crippen LogP contribution in [0.1, 0.15) is 175 Å². The van der Waals surface area contributed by atoms with Gasteiger partial charge in [0.05, 0.1) is 17.0 Å². The van der Waals surface area contributed by atoms with Gasteiger partial charge in [0, 0.05) is 59.5 Å². The molecule has 6 fully saturated rings. The summed E-state index contributed by atoms with van der Waals surface area (Å²) in [7, 11) is 0. The monoisotopic (exact) mass is 1480 g/mol. The molecule has 28 heteroatoms. The number of imide groups is 1. The first kappa shape index (κ1) is 77.6. The number of aromatic carboxylic acids is 1. The molecule has 2 aromatic heterocycles. The number of ether oxygens (including phenoxy) is 5. The molecule has 568 valence electrons. The average Bonchev–Trinajstić information content (AvgIpc) is 1.68. The summed E-state index contributed by atoms with van der Waals surface area (Å²) in [5, 5.41) is 32.9. The van der Waals surface area contributed by atoms with Crippen molar-refractivity contribution in [3.05, 3.63) is 198 Å². The fourth-order valence-electron chi connectivity index (χ4n) is 13.6. The summed E-state index contributed by atoms with van der Waals surface area (Å²) in [6.45, 7) is 3.54. The van der Waals surface area contributed by atoms with Crippen LogP contribution in [0.25, 0.3) is 22.9 Å². The molecule has 6 saturated carbocycles. The molecule has 0 spiro atoms. The normalized spacial score (nSPS) is 20.4. The molecule has 3 amide bonds. The molecule has 22 nitrogen and oxygen atoms in total. The summed E-state index contributed by atoms with van der Waals surface area (Å²) in [4.78, 5) is 62.4. The van der Waals surface area contributed by atoms with E-state index in [0.717, 1.165) is 75.7 Å². The minimum absolute atomic E-state index is 0.0293. The van der Waals surface area contributed by atoms with Crippen molar-refractivity contribution in [3.8, 4) is 40.2 Å². The van der Waals surface area contributed by atoms with Crippen LogP contribution in [0.15, 0.2) is 178 Å². The maximum absolute atomic E-state index is 13.4. The molecule has 8 aromatic rings. The number of amides is 3. The first-order valence-corrected chi connectivity index (χ1v) is 35.5. The average molecular weight is 1480 g/mol. The van der Waals surface area contributed by atoms with Crippen LogP contribution in [0.3, 0.4) is 0 Å². The van der Waals surface area contributed by atoms with Crippen LogP contribution >= 0.6 is 0 Å². The summed E-state index contributed by atoms with van der Waals surface area (Å²) in [5.41, 5.74) is 7.86. The lowest BCUT2D eigenvalue weighted by molar-refractivity contribution is -0.141. The van der Waals surface area contributed by atoms with Crippen molar-refractivity contribution in [3.63, 3.8) is 0 Å². The van der Waals surface area contributed by atoms with E-state index >= 15 is 0 Å². The highest BCUT2D eigenvalue weighted by Crippen LogP contribution is 2.52. The summed E-state index contributed by atoms with van der Waals surface area (Å²) < 4.78 is 108. The van der Waals surface area contributed by atoms with Crippen LogP contribution in [0.5, 0.6) is 17.2 Å². The predicted molar refractivity (Wildman–Crippen MR) is 380 cm³/mol.